The lowest BCUT2D eigenvalue weighted by atomic mass is 10.1. The largest absolute Gasteiger partial charge is 0.376 e. The molecule has 1 fully saturated rings. The molecule has 0 spiro atoms. The lowest BCUT2D eigenvalue weighted by Crippen LogP contribution is -2.37. The van der Waals surface area contributed by atoms with Crippen LogP contribution in [0.4, 0.5) is 4.39 Å². The maximum absolute atomic E-state index is 13.3. The highest BCUT2D eigenvalue weighted by Crippen LogP contribution is 2.16. The molecular formula is C20H23FN2O2. The van der Waals surface area contributed by atoms with E-state index < -0.39 is 0 Å². The molecule has 0 unspecified atom stereocenters. The Labute approximate surface area is 147 Å². The zero-order valence-electron chi connectivity index (χ0n) is 14.2. The summed E-state index contributed by atoms with van der Waals surface area (Å²) in [6.07, 6.45) is 4.73. The molecule has 1 atom stereocenters. The number of pyridine rings is 1. The highest BCUT2D eigenvalue weighted by atomic mass is 19.1. The molecule has 2 heterocycles. The minimum atomic E-state index is -0.269. The van der Waals surface area contributed by atoms with Gasteiger partial charge in [-0.2, -0.15) is 0 Å². The number of hydrogen-bond acceptors (Lipinski definition) is 3. The second-order valence-electron chi connectivity index (χ2n) is 6.36. The number of hydrogen-bond donors (Lipinski definition) is 0. The van der Waals surface area contributed by atoms with E-state index in [1.165, 1.54) is 12.1 Å². The number of nitrogens with zero attached hydrogens (tertiary/aromatic N) is 2. The normalized spacial score (nSPS) is 16.8. The Hall–Kier alpha value is -2.27. The van der Waals surface area contributed by atoms with Gasteiger partial charge < -0.3 is 9.64 Å². The minimum Gasteiger partial charge on any atom is -0.376 e. The number of ether oxygens (including phenoxy) is 1. The van der Waals surface area contributed by atoms with E-state index >= 15 is 0 Å². The first-order chi connectivity index (χ1) is 12.2. The summed E-state index contributed by atoms with van der Waals surface area (Å²) in [7, 11) is 0. The van der Waals surface area contributed by atoms with Crippen molar-refractivity contribution >= 4 is 5.91 Å². The number of aromatic nitrogens is 1. The summed E-state index contributed by atoms with van der Waals surface area (Å²) in [5.74, 6) is -0.222. The van der Waals surface area contributed by atoms with Crippen molar-refractivity contribution in [3.05, 3.63) is 65.7 Å². The number of amides is 1. The molecule has 0 radical (unpaired) electrons. The number of rotatable bonds is 7. The molecule has 2 aromatic rings. The van der Waals surface area contributed by atoms with E-state index in [9.17, 15) is 9.18 Å². The third kappa shape index (κ3) is 5.36. The van der Waals surface area contributed by atoms with Crippen LogP contribution in [0.1, 0.15) is 30.5 Å². The second-order valence-corrected chi connectivity index (χ2v) is 6.36. The van der Waals surface area contributed by atoms with E-state index in [-0.39, 0.29) is 17.8 Å². The van der Waals surface area contributed by atoms with Gasteiger partial charge in [0.1, 0.15) is 5.82 Å². The highest BCUT2D eigenvalue weighted by Gasteiger charge is 2.23. The van der Waals surface area contributed by atoms with Crippen LogP contribution in [0.25, 0.3) is 0 Å². The highest BCUT2D eigenvalue weighted by molar-refractivity contribution is 5.76. The maximum Gasteiger partial charge on any atom is 0.223 e. The van der Waals surface area contributed by atoms with E-state index in [1.54, 1.807) is 12.3 Å². The minimum absolute atomic E-state index is 0.0467. The molecule has 3 rings (SSSR count). The Morgan fingerprint density at radius 1 is 1.28 bits per heavy atom. The van der Waals surface area contributed by atoms with Crippen molar-refractivity contribution in [2.45, 2.75) is 38.3 Å². The first-order valence-corrected chi connectivity index (χ1v) is 8.74. The Morgan fingerprint density at radius 3 is 2.92 bits per heavy atom. The average Bonchev–Trinajstić information content (AvgIpc) is 3.13. The fourth-order valence-electron chi connectivity index (χ4n) is 3.08. The van der Waals surface area contributed by atoms with Crippen LogP contribution in [-0.2, 0) is 22.5 Å². The molecule has 0 bridgehead atoms. The summed E-state index contributed by atoms with van der Waals surface area (Å²) in [5.41, 5.74) is 1.70. The van der Waals surface area contributed by atoms with Gasteiger partial charge in [-0.3, -0.25) is 9.78 Å². The van der Waals surface area contributed by atoms with Crippen LogP contribution in [0.3, 0.4) is 0 Å². The molecule has 5 heteroatoms. The molecule has 25 heavy (non-hydrogen) atoms. The summed E-state index contributed by atoms with van der Waals surface area (Å²) in [6.45, 7) is 1.82. The summed E-state index contributed by atoms with van der Waals surface area (Å²) in [6, 6.07) is 12.1. The van der Waals surface area contributed by atoms with Gasteiger partial charge in [0.2, 0.25) is 5.91 Å². The fraction of sp³-hybridized carbons (Fsp3) is 0.400. The number of carbonyl (C=O) groups excluding carboxylic acids is 1. The maximum atomic E-state index is 13.3. The zero-order chi connectivity index (χ0) is 17.5. The third-order valence-corrected chi connectivity index (χ3v) is 4.40. The van der Waals surface area contributed by atoms with Crippen LogP contribution in [0.2, 0.25) is 0 Å². The zero-order valence-corrected chi connectivity index (χ0v) is 14.2. The fourth-order valence-corrected chi connectivity index (χ4v) is 3.08. The summed E-state index contributed by atoms with van der Waals surface area (Å²) in [5, 5.41) is 0. The molecule has 132 valence electrons. The molecule has 1 aromatic carbocycles. The SMILES string of the molecule is O=C(CCc1cccc(F)c1)N(Cc1ccccn1)C[C@@H]1CCCO1. The van der Waals surface area contributed by atoms with Crippen LogP contribution in [0.15, 0.2) is 48.7 Å². The Balaban J connectivity index is 1.63. The Kier molecular flexibility index (Phi) is 6.12. The van der Waals surface area contributed by atoms with E-state index in [0.717, 1.165) is 30.7 Å². The van der Waals surface area contributed by atoms with Gasteiger partial charge in [0, 0.05) is 25.8 Å². The molecule has 1 aliphatic heterocycles. The molecule has 1 aromatic heterocycles. The van der Waals surface area contributed by atoms with Gasteiger partial charge in [-0.1, -0.05) is 18.2 Å². The molecule has 0 aliphatic carbocycles. The van der Waals surface area contributed by atoms with Gasteiger partial charge in [0.25, 0.3) is 0 Å². The molecule has 0 N–H and O–H groups in total. The monoisotopic (exact) mass is 342 g/mol. The van der Waals surface area contributed by atoms with Crippen molar-refractivity contribution < 1.29 is 13.9 Å². The smallest absolute Gasteiger partial charge is 0.223 e. The number of aryl methyl sites for hydroxylation is 1. The van der Waals surface area contributed by atoms with Crippen LogP contribution in [0.5, 0.6) is 0 Å². The van der Waals surface area contributed by atoms with Crippen molar-refractivity contribution in [3.8, 4) is 0 Å². The van der Waals surface area contributed by atoms with Crippen LogP contribution >= 0.6 is 0 Å². The van der Waals surface area contributed by atoms with Gasteiger partial charge in [0.15, 0.2) is 0 Å². The van der Waals surface area contributed by atoms with Gasteiger partial charge in [-0.05, 0) is 49.1 Å². The van der Waals surface area contributed by atoms with Crippen molar-refractivity contribution in [2.75, 3.05) is 13.2 Å². The molecule has 4 nitrogen and oxygen atoms in total. The summed E-state index contributed by atoms with van der Waals surface area (Å²) < 4.78 is 19.0. The number of benzene rings is 1. The van der Waals surface area contributed by atoms with Crippen molar-refractivity contribution in [3.63, 3.8) is 0 Å². The molecule has 1 aliphatic rings. The van der Waals surface area contributed by atoms with Crippen LogP contribution in [-0.4, -0.2) is 35.0 Å². The van der Waals surface area contributed by atoms with Gasteiger partial charge in [0.05, 0.1) is 18.3 Å². The van der Waals surface area contributed by atoms with Crippen molar-refractivity contribution in [1.29, 1.82) is 0 Å². The van der Waals surface area contributed by atoms with E-state index in [4.69, 9.17) is 4.74 Å². The standard InChI is InChI=1S/C20H23FN2O2/c21-17-6-3-5-16(13-17)9-10-20(24)23(15-19-8-4-12-25-19)14-18-7-1-2-11-22-18/h1-3,5-7,11,13,19H,4,8-10,12,14-15H2/t19-/m0/s1. The first kappa shape index (κ1) is 17.5. The predicted octanol–water partition coefficient (Wildman–Crippen LogP) is 3.36. The Bertz CT molecular complexity index is 687. The molecular weight excluding hydrogens is 319 g/mol. The van der Waals surface area contributed by atoms with Gasteiger partial charge >= 0.3 is 0 Å². The lowest BCUT2D eigenvalue weighted by Gasteiger charge is -2.25. The third-order valence-electron chi connectivity index (χ3n) is 4.40. The predicted molar refractivity (Wildman–Crippen MR) is 93.3 cm³/mol. The quantitative estimate of drug-likeness (QED) is 0.775. The van der Waals surface area contributed by atoms with Crippen molar-refractivity contribution in [2.24, 2.45) is 0 Å². The average molecular weight is 342 g/mol. The topological polar surface area (TPSA) is 42.4 Å². The van der Waals surface area contributed by atoms with E-state index in [0.29, 0.717) is 25.9 Å². The Morgan fingerprint density at radius 2 is 2.20 bits per heavy atom. The van der Waals surface area contributed by atoms with Crippen molar-refractivity contribution in [1.82, 2.24) is 9.88 Å². The molecule has 1 amide bonds. The summed E-state index contributed by atoms with van der Waals surface area (Å²) in [4.78, 5) is 18.9. The molecule has 1 saturated heterocycles. The van der Waals surface area contributed by atoms with E-state index in [1.807, 2.05) is 29.2 Å². The summed E-state index contributed by atoms with van der Waals surface area (Å²) >= 11 is 0. The molecule has 0 saturated carbocycles. The van der Waals surface area contributed by atoms with Crippen LogP contribution < -0.4 is 0 Å². The van der Waals surface area contributed by atoms with Crippen LogP contribution in [0, 0.1) is 5.82 Å². The lowest BCUT2D eigenvalue weighted by molar-refractivity contribution is -0.133. The first-order valence-electron chi connectivity index (χ1n) is 8.74. The van der Waals surface area contributed by atoms with E-state index in [2.05, 4.69) is 4.98 Å². The number of carbonyl (C=O) groups is 1. The van der Waals surface area contributed by atoms with Gasteiger partial charge in [-0.25, -0.2) is 4.39 Å². The number of halogens is 1. The van der Waals surface area contributed by atoms with Gasteiger partial charge in [-0.15, -0.1) is 0 Å². The second kappa shape index (κ2) is 8.72.